The van der Waals surface area contributed by atoms with Crippen molar-refractivity contribution in [1.82, 2.24) is 5.32 Å². The zero-order valence-electron chi connectivity index (χ0n) is 7.11. The van der Waals surface area contributed by atoms with Crippen LogP contribution in [-0.2, 0) is 4.79 Å². The molecular weight excluding hydrogens is 126 g/mol. The summed E-state index contributed by atoms with van der Waals surface area (Å²) in [4.78, 5) is 10.7. The molecule has 10 heavy (non-hydrogen) atoms. The molecule has 1 amide bonds. The molecule has 0 radical (unpaired) electrons. The van der Waals surface area contributed by atoms with E-state index in [1.807, 2.05) is 13.8 Å². The summed E-state index contributed by atoms with van der Waals surface area (Å²) in [6.45, 7) is 6.94. The van der Waals surface area contributed by atoms with Crippen LogP contribution in [0.25, 0.3) is 0 Å². The molecule has 1 atom stereocenters. The van der Waals surface area contributed by atoms with Gasteiger partial charge in [0.05, 0.1) is 0 Å². The average molecular weight is 143 g/mol. The first-order valence-corrected chi connectivity index (χ1v) is 4.12. The predicted octanol–water partition coefficient (Wildman–Crippen LogP) is 1.56. The number of amides is 1. The van der Waals surface area contributed by atoms with Crippen molar-refractivity contribution in [3.8, 4) is 0 Å². The molecule has 0 aromatic rings. The molecule has 1 fully saturated rings. The molecule has 0 aliphatic carbocycles. The van der Waals surface area contributed by atoms with Gasteiger partial charge in [0.2, 0.25) is 5.91 Å². The summed E-state index contributed by atoms with van der Waals surface area (Å²) in [5.74, 6) is 0.558. The van der Waals surface area contributed by atoms with Crippen LogP contribution in [0, 0.1) is 5.92 Å². The van der Waals surface area contributed by atoms with Gasteiger partial charge in [-0.25, -0.2) is 0 Å². The van der Waals surface area contributed by atoms with Crippen LogP contribution in [0.2, 0.25) is 0 Å². The molecule has 2 heteroatoms. The highest BCUT2D eigenvalue weighted by Crippen LogP contribution is 2.11. The van der Waals surface area contributed by atoms with E-state index in [0.29, 0.717) is 5.92 Å². The highest BCUT2D eigenvalue weighted by Gasteiger charge is 2.20. The Morgan fingerprint density at radius 3 is 2.40 bits per heavy atom. The van der Waals surface area contributed by atoms with Crippen molar-refractivity contribution in [2.45, 2.75) is 33.6 Å². The van der Waals surface area contributed by atoms with Crippen LogP contribution >= 0.6 is 0 Å². The van der Waals surface area contributed by atoms with Crippen molar-refractivity contribution in [3.05, 3.63) is 0 Å². The number of hydrogen-bond donors (Lipinski definition) is 1. The Morgan fingerprint density at radius 1 is 1.60 bits per heavy atom. The first kappa shape index (κ1) is 9.47. The van der Waals surface area contributed by atoms with Gasteiger partial charge in [-0.3, -0.25) is 4.79 Å². The molecule has 1 N–H and O–H groups in total. The maximum Gasteiger partial charge on any atom is 0.223 e. The lowest BCUT2D eigenvalue weighted by Gasteiger charge is -1.97. The van der Waals surface area contributed by atoms with Crippen molar-refractivity contribution >= 4 is 5.91 Å². The number of nitrogens with one attached hydrogen (secondary N) is 1. The number of rotatable bonds is 1. The number of carbonyl (C=O) groups excluding carboxylic acids is 1. The molecule has 1 heterocycles. The molecule has 0 aromatic heterocycles. The Labute approximate surface area is 63.0 Å². The summed E-state index contributed by atoms with van der Waals surface area (Å²) in [5, 5.41) is 2.78. The van der Waals surface area contributed by atoms with Crippen LogP contribution in [0.5, 0.6) is 0 Å². The maximum absolute atomic E-state index is 10.7. The summed E-state index contributed by atoms with van der Waals surface area (Å²) in [6, 6.07) is 0. The summed E-state index contributed by atoms with van der Waals surface area (Å²) < 4.78 is 0. The molecule has 1 aliphatic heterocycles. The minimum absolute atomic E-state index is 0.243. The summed E-state index contributed by atoms with van der Waals surface area (Å²) in [6.07, 6.45) is 2.03. The van der Waals surface area contributed by atoms with E-state index in [2.05, 4.69) is 12.2 Å². The van der Waals surface area contributed by atoms with Crippen LogP contribution < -0.4 is 5.32 Å². The highest BCUT2D eigenvalue weighted by molar-refractivity contribution is 5.80. The van der Waals surface area contributed by atoms with Gasteiger partial charge in [-0.1, -0.05) is 20.8 Å². The monoisotopic (exact) mass is 143 g/mol. The minimum Gasteiger partial charge on any atom is -0.356 e. The third-order valence-corrected chi connectivity index (χ3v) is 1.66. The Balaban J connectivity index is 0.000000371. The molecule has 1 rings (SSSR count). The average Bonchev–Trinajstić information content (AvgIpc) is 2.39. The molecular formula is C8H17NO. The van der Waals surface area contributed by atoms with Crippen LogP contribution in [0.1, 0.15) is 33.6 Å². The lowest BCUT2D eigenvalue weighted by molar-refractivity contribution is -0.122. The van der Waals surface area contributed by atoms with E-state index in [9.17, 15) is 4.79 Å². The second kappa shape index (κ2) is 5.27. The molecule has 0 spiro atoms. The van der Waals surface area contributed by atoms with E-state index in [4.69, 9.17) is 0 Å². The topological polar surface area (TPSA) is 29.1 Å². The summed E-state index contributed by atoms with van der Waals surface area (Å²) in [7, 11) is 0. The second-order valence-electron chi connectivity index (χ2n) is 2.18. The first-order valence-electron chi connectivity index (χ1n) is 4.12. The van der Waals surface area contributed by atoms with Gasteiger partial charge in [-0.2, -0.15) is 0 Å². The van der Waals surface area contributed by atoms with E-state index in [0.717, 1.165) is 19.4 Å². The molecule has 0 aromatic carbocycles. The fourth-order valence-electron chi connectivity index (χ4n) is 1.03. The Kier molecular flexibility index (Phi) is 4.99. The molecule has 0 saturated carbocycles. The van der Waals surface area contributed by atoms with Gasteiger partial charge in [0, 0.05) is 12.5 Å². The Bertz CT molecular complexity index is 101. The lowest BCUT2D eigenvalue weighted by Crippen LogP contribution is -2.18. The second-order valence-corrected chi connectivity index (χ2v) is 2.18. The van der Waals surface area contributed by atoms with E-state index in [-0.39, 0.29) is 5.91 Å². The fraction of sp³-hybridized carbons (Fsp3) is 0.875. The smallest absolute Gasteiger partial charge is 0.223 e. The van der Waals surface area contributed by atoms with Crippen LogP contribution in [0.15, 0.2) is 0 Å². The largest absolute Gasteiger partial charge is 0.356 e. The van der Waals surface area contributed by atoms with Gasteiger partial charge in [-0.05, 0) is 12.8 Å². The van der Waals surface area contributed by atoms with Crippen molar-refractivity contribution in [3.63, 3.8) is 0 Å². The lowest BCUT2D eigenvalue weighted by atomic mass is 10.1. The molecule has 1 saturated heterocycles. The van der Waals surface area contributed by atoms with Crippen LogP contribution in [0.4, 0.5) is 0 Å². The van der Waals surface area contributed by atoms with Crippen LogP contribution in [0.3, 0.4) is 0 Å². The van der Waals surface area contributed by atoms with Gasteiger partial charge in [0.1, 0.15) is 0 Å². The van der Waals surface area contributed by atoms with Crippen molar-refractivity contribution in [1.29, 1.82) is 0 Å². The molecule has 0 bridgehead atoms. The maximum atomic E-state index is 10.7. The Hall–Kier alpha value is -0.530. The van der Waals surface area contributed by atoms with E-state index < -0.39 is 0 Å². The van der Waals surface area contributed by atoms with Crippen LogP contribution in [-0.4, -0.2) is 12.5 Å². The van der Waals surface area contributed by atoms with E-state index in [1.54, 1.807) is 0 Å². The fourth-order valence-corrected chi connectivity index (χ4v) is 1.03. The van der Waals surface area contributed by atoms with Crippen molar-refractivity contribution < 1.29 is 4.79 Å². The zero-order valence-corrected chi connectivity index (χ0v) is 7.11. The third-order valence-electron chi connectivity index (χ3n) is 1.66. The highest BCUT2D eigenvalue weighted by atomic mass is 16.2. The summed E-state index contributed by atoms with van der Waals surface area (Å²) >= 11 is 0. The quantitative estimate of drug-likeness (QED) is 0.593. The Morgan fingerprint density at radius 2 is 2.20 bits per heavy atom. The van der Waals surface area contributed by atoms with Crippen molar-refractivity contribution in [2.75, 3.05) is 6.54 Å². The zero-order chi connectivity index (χ0) is 7.98. The standard InChI is InChI=1S/C6H11NO.C2H6/c1-2-5-3-4-7-6(5)8;1-2/h5H,2-4H2,1H3,(H,7,8);1-2H3. The minimum atomic E-state index is 0.243. The third kappa shape index (κ3) is 2.38. The number of hydrogen-bond acceptors (Lipinski definition) is 1. The SMILES string of the molecule is CC.CCC1CCNC1=O. The van der Waals surface area contributed by atoms with Gasteiger partial charge >= 0.3 is 0 Å². The molecule has 1 aliphatic rings. The van der Waals surface area contributed by atoms with E-state index in [1.165, 1.54) is 0 Å². The molecule has 60 valence electrons. The summed E-state index contributed by atoms with van der Waals surface area (Å²) in [5.41, 5.74) is 0. The number of carbonyl (C=O) groups is 1. The van der Waals surface area contributed by atoms with Gasteiger partial charge < -0.3 is 5.32 Å². The van der Waals surface area contributed by atoms with Gasteiger partial charge in [-0.15, -0.1) is 0 Å². The van der Waals surface area contributed by atoms with Gasteiger partial charge in [0.25, 0.3) is 0 Å². The molecule has 1 unspecified atom stereocenters. The molecule has 2 nitrogen and oxygen atoms in total. The normalized spacial score (nSPS) is 23.1. The van der Waals surface area contributed by atoms with E-state index >= 15 is 0 Å². The predicted molar refractivity (Wildman–Crippen MR) is 42.8 cm³/mol. The van der Waals surface area contributed by atoms with Crippen molar-refractivity contribution in [2.24, 2.45) is 5.92 Å². The van der Waals surface area contributed by atoms with Gasteiger partial charge in [0.15, 0.2) is 0 Å². The first-order chi connectivity index (χ1) is 4.84.